The lowest BCUT2D eigenvalue weighted by atomic mass is 10.1. The zero-order valence-electron chi connectivity index (χ0n) is 9.07. The van der Waals surface area contributed by atoms with E-state index in [9.17, 15) is 0 Å². The van der Waals surface area contributed by atoms with Crippen molar-refractivity contribution in [2.24, 2.45) is 0 Å². The van der Waals surface area contributed by atoms with Gasteiger partial charge >= 0.3 is 0 Å². The van der Waals surface area contributed by atoms with Gasteiger partial charge in [0.05, 0.1) is 16.2 Å². The van der Waals surface area contributed by atoms with Crippen LogP contribution in [-0.2, 0) is 0 Å². The third-order valence-electron chi connectivity index (χ3n) is 2.63. The van der Waals surface area contributed by atoms with E-state index < -0.39 is 0 Å². The summed E-state index contributed by atoms with van der Waals surface area (Å²) in [6.07, 6.45) is 0.0252. The summed E-state index contributed by atoms with van der Waals surface area (Å²) in [5.74, 6) is 0. The molecule has 0 amide bonds. The Balaban J connectivity index is 2.32. The summed E-state index contributed by atoms with van der Waals surface area (Å²) in [4.78, 5) is 0. The van der Waals surface area contributed by atoms with Gasteiger partial charge in [-0.15, -0.1) is 0 Å². The van der Waals surface area contributed by atoms with Crippen LogP contribution in [0.2, 0.25) is 15.1 Å². The van der Waals surface area contributed by atoms with Crippen LogP contribution in [0, 0.1) is 0 Å². The molecule has 1 fully saturated rings. The van der Waals surface area contributed by atoms with Crippen LogP contribution in [-0.4, -0.2) is 12.1 Å². The normalized spacial score (nSPS) is 23.7. The first-order valence-electron chi connectivity index (χ1n) is 5.04. The minimum atomic E-state index is 0.0252. The summed E-state index contributed by atoms with van der Waals surface area (Å²) in [6, 6.07) is 3.48. The fourth-order valence-corrected chi connectivity index (χ4v) is 2.46. The van der Waals surface area contributed by atoms with Gasteiger partial charge in [-0.25, -0.2) is 0 Å². The molecule has 0 spiro atoms. The molecular weight excluding hydrogens is 266 g/mol. The molecule has 1 unspecified atom stereocenters. The van der Waals surface area contributed by atoms with Gasteiger partial charge in [-0.1, -0.05) is 34.8 Å². The van der Waals surface area contributed by atoms with Gasteiger partial charge in [0.25, 0.3) is 0 Å². The van der Waals surface area contributed by atoms with Crippen LogP contribution < -0.4 is 10.6 Å². The third kappa shape index (κ3) is 2.47. The fourth-order valence-electron chi connectivity index (χ4n) is 1.80. The van der Waals surface area contributed by atoms with Crippen molar-refractivity contribution in [1.82, 2.24) is 10.6 Å². The van der Waals surface area contributed by atoms with Crippen molar-refractivity contribution in [3.8, 4) is 0 Å². The van der Waals surface area contributed by atoms with Crippen LogP contribution in [0.4, 0.5) is 0 Å². The summed E-state index contributed by atoms with van der Waals surface area (Å²) in [6.45, 7) is 5.14. The second-order valence-electron chi connectivity index (χ2n) is 4.63. The Labute approximate surface area is 110 Å². The maximum Gasteiger partial charge on any atom is 0.0855 e. The minimum Gasteiger partial charge on any atom is -0.296 e. The van der Waals surface area contributed by atoms with Gasteiger partial charge in [0, 0.05) is 22.7 Å². The van der Waals surface area contributed by atoms with E-state index in [4.69, 9.17) is 34.8 Å². The van der Waals surface area contributed by atoms with Crippen LogP contribution >= 0.6 is 34.8 Å². The van der Waals surface area contributed by atoms with E-state index in [0.29, 0.717) is 15.1 Å². The summed E-state index contributed by atoms with van der Waals surface area (Å²) < 4.78 is 0. The quantitative estimate of drug-likeness (QED) is 0.767. The molecule has 2 rings (SSSR count). The first-order chi connectivity index (χ1) is 7.39. The van der Waals surface area contributed by atoms with Crippen LogP contribution in [0.5, 0.6) is 0 Å². The zero-order valence-corrected chi connectivity index (χ0v) is 11.3. The average Bonchev–Trinajstić information content (AvgIpc) is 2.52. The maximum absolute atomic E-state index is 6.15. The first-order valence-corrected chi connectivity index (χ1v) is 6.18. The highest BCUT2D eigenvalue weighted by Gasteiger charge is 2.31. The number of halogens is 3. The predicted octanol–water partition coefficient (Wildman–Crippen LogP) is 3.62. The molecule has 1 saturated heterocycles. The second kappa shape index (κ2) is 4.35. The van der Waals surface area contributed by atoms with Gasteiger partial charge < -0.3 is 0 Å². The Morgan fingerprint density at radius 3 is 2.31 bits per heavy atom. The molecule has 1 heterocycles. The Morgan fingerprint density at radius 2 is 1.75 bits per heavy atom. The second-order valence-corrected chi connectivity index (χ2v) is 5.85. The standard InChI is InChI=1S/C11H13Cl3N2/c1-11(2)5-15-10(16-11)6-3-8(13)9(14)4-7(6)12/h3-4,10,15-16H,5H2,1-2H3. The van der Waals surface area contributed by atoms with Crippen molar-refractivity contribution in [1.29, 1.82) is 0 Å². The van der Waals surface area contributed by atoms with Crippen molar-refractivity contribution in [2.45, 2.75) is 25.6 Å². The van der Waals surface area contributed by atoms with Crippen molar-refractivity contribution in [3.05, 3.63) is 32.8 Å². The van der Waals surface area contributed by atoms with Gasteiger partial charge in [-0.3, -0.25) is 10.6 Å². The van der Waals surface area contributed by atoms with Gasteiger partial charge in [-0.05, 0) is 26.0 Å². The minimum absolute atomic E-state index is 0.0252. The number of benzene rings is 1. The summed E-state index contributed by atoms with van der Waals surface area (Å²) in [5.41, 5.74) is 0.988. The highest BCUT2D eigenvalue weighted by atomic mass is 35.5. The molecule has 0 saturated carbocycles. The topological polar surface area (TPSA) is 24.1 Å². The average molecular weight is 280 g/mol. The molecule has 88 valence electrons. The van der Waals surface area contributed by atoms with E-state index in [2.05, 4.69) is 24.5 Å². The van der Waals surface area contributed by atoms with Crippen molar-refractivity contribution in [3.63, 3.8) is 0 Å². The van der Waals surface area contributed by atoms with E-state index >= 15 is 0 Å². The van der Waals surface area contributed by atoms with E-state index in [1.807, 2.05) is 0 Å². The smallest absolute Gasteiger partial charge is 0.0855 e. The van der Waals surface area contributed by atoms with Crippen molar-refractivity contribution >= 4 is 34.8 Å². The molecule has 0 aliphatic carbocycles. The molecule has 0 bridgehead atoms. The third-order valence-corrected chi connectivity index (χ3v) is 3.68. The van der Waals surface area contributed by atoms with E-state index in [1.165, 1.54) is 0 Å². The lowest BCUT2D eigenvalue weighted by Gasteiger charge is -2.19. The molecule has 0 aromatic heterocycles. The molecule has 1 aliphatic heterocycles. The SMILES string of the molecule is CC1(C)CNC(c2cc(Cl)c(Cl)cc2Cl)N1. The molecule has 1 aliphatic rings. The summed E-state index contributed by atoms with van der Waals surface area (Å²) >= 11 is 18.0. The maximum atomic E-state index is 6.15. The van der Waals surface area contributed by atoms with Crippen molar-refractivity contribution in [2.75, 3.05) is 6.54 Å². The molecular formula is C11H13Cl3N2. The lowest BCUT2D eigenvalue weighted by molar-refractivity contribution is 0.449. The molecule has 16 heavy (non-hydrogen) atoms. The van der Waals surface area contributed by atoms with E-state index in [-0.39, 0.29) is 11.7 Å². The summed E-state index contributed by atoms with van der Waals surface area (Å²) in [5, 5.41) is 8.41. The van der Waals surface area contributed by atoms with Crippen LogP contribution in [0.15, 0.2) is 12.1 Å². The molecule has 1 atom stereocenters. The van der Waals surface area contributed by atoms with E-state index in [1.54, 1.807) is 12.1 Å². The molecule has 2 nitrogen and oxygen atoms in total. The van der Waals surface area contributed by atoms with Gasteiger partial charge in [0.2, 0.25) is 0 Å². The summed E-state index contributed by atoms with van der Waals surface area (Å²) in [7, 11) is 0. The van der Waals surface area contributed by atoms with Gasteiger partial charge in [0.1, 0.15) is 0 Å². The molecule has 5 heteroatoms. The van der Waals surface area contributed by atoms with Gasteiger partial charge in [-0.2, -0.15) is 0 Å². The Hall–Kier alpha value is 0.01000. The van der Waals surface area contributed by atoms with E-state index in [0.717, 1.165) is 12.1 Å². The van der Waals surface area contributed by atoms with Crippen LogP contribution in [0.1, 0.15) is 25.6 Å². The Kier molecular flexibility index (Phi) is 3.39. The number of hydrogen-bond acceptors (Lipinski definition) is 2. The number of rotatable bonds is 1. The molecule has 1 aromatic rings. The fraction of sp³-hybridized carbons (Fsp3) is 0.455. The Bertz CT molecular complexity index is 418. The van der Waals surface area contributed by atoms with Gasteiger partial charge in [0.15, 0.2) is 0 Å². The zero-order chi connectivity index (χ0) is 11.9. The molecule has 1 aromatic carbocycles. The van der Waals surface area contributed by atoms with Crippen LogP contribution in [0.3, 0.4) is 0 Å². The molecule has 0 radical (unpaired) electrons. The number of nitrogens with one attached hydrogen (secondary N) is 2. The highest BCUT2D eigenvalue weighted by Crippen LogP contribution is 2.33. The highest BCUT2D eigenvalue weighted by molar-refractivity contribution is 6.43. The monoisotopic (exact) mass is 278 g/mol. The van der Waals surface area contributed by atoms with Crippen molar-refractivity contribution < 1.29 is 0 Å². The van der Waals surface area contributed by atoms with Crippen LogP contribution in [0.25, 0.3) is 0 Å². The lowest BCUT2D eigenvalue weighted by Crippen LogP contribution is -2.35. The largest absolute Gasteiger partial charge is 0.296 e. The number of hydrogen-bond donors (Lipinski definition) is 2. The first kappa shape index (κ1) is 12.5. The Morgan fingerprint density at radius 1 is 1.12 bits per heavy atom. The molecule has 2 N–H and O–H groups in total. The predicted molar refractivity (Wildman–Crippen MR) is 69.4 cm³/mol.